The highest BCUT2D eigenvalue weighted by Gasteiger charge is 2.25. The molecule has 0 radical (unpaired) electrons. The molecule has 148 valence electrons. The summed E-state index contributed by atoms with van der Waals surface area (Å²) in [6.07, 6.45) is 2.21. The van der Waals surface area contributed by atoms with Crippen LogP contribution in [0.1, 0.15) is 51.3 Å². The van der Waals surface area contributed by atoms with Crippen LogP contribution in [0.5, 0.6) is 0 Å². The van der Waals surface area contributed by atoms with Gasteiger partial charge in [0.15, 0.2) is 0 Å². The minimum Gasteiger partial charge on any atom is -0.463 e. The van der Waals surface area contributed by atoms with Crippen LogP contribution in [0.25, 0.3) is 0 Å². The van der Waals surface area contributed by atoms with Gasteiger partial charge < -0.3 is 20.7 Å². The summed E-state index contributed by atoms with van der Waals surface area (Å²) in [7, 11) is 0. The Kier molecular flexibility index (Phi) is 7.85. The molecule has 2 rings (SSSR count). The van der Waals surface area contributed by atoms with E-state index in [-0.39, 0.29) is 18.6 Å². The summed E-state index contributed by atoms with van der Waals surface area (Å²) in [6.45, 7) is 9.12. The number of esters is 1. The lowest BCUT2D eigenvalue weighted by Crippen LogP contribution is -2.46. The largest absolute Gasteiger partial charge is 0.463 e. The summed E-state index contributed by atoms with van der Waals surface area (Å²) >= 11 is 0. The minimum atomic E-state index is -0.396. The molecule has 0 spiro atoms. The fourth-order valence-electron chi connectivity index (χ4n) is 3.23. The minimum absolute atomic E-state index is 0.114. The molecule has 1 atom stereocenters. The van der Waals surface area contributed by atoms with Crippen molar-refractivity contribution >= 4 is 12.0 Å². The van der Waals surface area contributed by atoms with E-state index in [4.69, 9.17) is 4.74 Å². The van der Waals surface area contributed by atoms with E-state index in [1.807, 2.05) is 0 Å². The van der Waals surface area contributed by atoms with E-state index in [0.717, 1.165) is 12.8 Å². The van der Waals surface area contributed by atoms with Crippen LogP contribution in [0.2, 0.25) is 0 Å². The molecule has 27 heavy (non-hydrogen) atoms. The van der Waals surface area contributed by atoms with E-state index < -0.39 is 5.97 Å². The van der Waals surface area contributed by atoms with Crippen LogP contribution in [0.3, 0.4) is 0 Å². The second-order valence-electron chi connectivity index (χ2n) is 7.08. The van der Waals surface area contributed by atoms with Crippen LogP contribution in [-0.2, 0) is 16.0 Å². The summed E-state index contributed by atoms with van der Waals surface area (Å²) in [5, 5.41) is 8.86. The van der Waals surface area contributed by atoms with Gasteiger partial charge >= 0.3 is 12.0 Å². The molecule has 1 heterocycles. The Hall–Kier alpha value is -2.34. The number of benzene rings is 1. The molecule has 6 heteroatoms. The van der Waals surface area contributed by atoms with Crippen molar-refractivity contribution in [1.29, 1.82) is 0 Å². The predicted octanol–water partition coefficient (Wildman–Crippen LogP) is 3.06. The highest BCUT2D eigenvalue weighted by Crippen LogP contribution is 2.23. The van der Waals surface area contributed by atoms with Crippen LogP contribution < -0.4 is 16.0 Å². The molecule has 1 unspecified atom stereocenters. The third-order valence-corrected chi connectivity index (χ3v) is 4.62. The zero-order valence-electron chi connectivity index (χ0n) is 16.7. The van der Waals surface area contributed by atoms with Crippen molar-refractivity contribution in [3.8, 4) is 0 Å². The first-order chi connectivity index (χ1) is 13.0. The van der Waals surface area contributed by atoms with E-state index in [0.29, 0.717) is 30.3 Å². The van der Waals surface area contributed by atoms with Crippen LogP contribution in [0.4, 0.5) is 4.79 Å². The maximum Gasteiger partial charge on any atom is 0.337 e. The van der Waals surface area contributed by atoms with E-state index in [1.165, 1.54) is 11.1 Å². The SMILES string of the molecule is CCCc1ccc(C(NCC2=C(C(=O)OCC)CNC(=O)N2)C(C)C)cc1. The van der Waals surface area contributed by atoms with Gasteiger partial charge in [-0.15, -0.1) is 0 Å². The van der Waals surface area contributed by atoms with Crippen molar-refractivity contribution < 1.29 is 14.3 Å². The van der Waals surface area contributed by atoms with E-state index >= 15 is 0 Å². The fraction of sp³-hybridized carbons (Fsp3) is 0.524. The van der Waals surface area contributed by atoms with Gasteiger partial charge in [0.05, 0.1) is 18.7 Å². The third kappa shape index (κ3) is 5.82. The van der Waals surface area contributed by atoms with Crippen molar-refractivity contribution in [1.82, 2.24) is 16.0 Å². The van der Waals surface area contributed by atoms with Crippen LogP contribution in [0.15, 0.2) is 35.5 Å². The first kappa shape index (κ1) is 21.0. The number of carbonyl (C=O) groups is 2. The van der Waals surface area contributed by atoms with Gasteiger partial charge in [0.2, 0.25) is 0 Å². The molecule has 1 aromatic carbocycles. The Balaban J connectivity index is 2.15. The number of ether oxygens (including phenoxy) is 1. The highest BCUT2D eigenvalue weighted by atomic mass is 16.5. The molecular weight excluding hydrogens is 342 g/mol. The van der Waals surface area contributed by atoms with Gasteiger partial charge in [-0.25, -0.2) is 9.59 Å². The molecular formula is C21H31N3O3. The van der Waals surface area contributed by atoms with Crippen molar-refractivity contribution in [2.24, 2.45) is 5.92 Å². The number of hydrogen-bond acceptors (Lipinski definition) is 4. The Morgan fingerprint density at radius 1 is 1.22 bits per heavy atom. The Morgan fingerprint density at radius 2 is 1.93 bits per heavy atom. The topological polar surface area (TPSA) is 79.5 Å². The molecule has 3 N–H and O–H groups in total. The maximum atomic E-state index is 12.2. The van der Waals surface area contributed by atoms with Gasteiger partial charge in [-0.2, -0.15) is 0 Å². The average Bonchev–Trinajstić information content (AvgIpc) is 2.63. The maximum absolute atomic E-state index is 12.2. The normalized spacial score (nSPS) is 15.4. The number of nitrogens with one attached hydrogen (secondary N) is 3. The van der Waals surface area contributed by atoms with E-state index in [2.05, 4.69) is 61.0 Å². The molecule has 0 saturated heterocycles. The van der Waals surface area contributed by atoms with Gasteiger partial charge in [0, 0.05) is 18.3 Å². The standard InChI is InChI=1S/C21H31N3O3/c1-5-7-15-8-10-16(11-9-15)19(14(3)4)22-13-18-17(20(25)27-6-2)12-23-21(26)24-18/h8-11,14,19,22H,5-7,12-13H2,1-4H3,(H2,23,24,26). The van der Waals surface area contributed by atoms with Crippen molar-refractivity contribution in [2.75, 3.05) is 19.7 Å². The van der Waals surface area contributed by atoms with Gasteiger partial charge in [-0.05, 0) is 30.4 Å². The molecule has 2 amide bonds. The summed E-state index contributed by atoms with van der Waals surface area (Å²) in [4.78, 5) is 23.9. The molecule has 0 bridgehead atoms. The third-order valence-electron chi connectivity index (χ3n) is 4.62. The Bertz CT molecular complexity index is 680. The quantitative estimate of drug-likeness (QED) is 0.581. The molecule has 6 nitrogen and oxygen atoms in total. The lowest BCUT2D eigenvalue weighted by atomic mass is 9.94. The van der Waals surface area contributed by atoms with Gasteiger partial charge in [-0.1, -0.05) is 51.5 Å². The second-order valence-corrected chi connectivity index (χ2v) is 7.08. The smallest absolute Gasteiger partial charge is 0.337 e. The summed E-state index contributed by atoms with van der Waals surface area (Å²) in [6, 6.07) is 8.47. The zero-order valence-corrected chi connectivity index (χ0v) is 16.7. The van der Waals surface area contributed by atoms with Crippen molar-refractivity contribution in [2.45, 2.75) is 46.6 Å². The molecule has 1 aliphatic rings. The first-order valence-corrected chi connectivity index (χ1v) is 9.72. The van der Waals surface area contributed by atoms with Gasteiger partial charge in [0.25, 0.3) is 0 Å². The number of amides is 2. The van der Waals surface area contributed by atoms with Crippen LogP contribution in [0, 0.1) is 5.92 Å². The number of carbonyl (C=O) groups excluding carboxylic acids is 2. The van der Waals surface area contributed by atoms with Gasteiger partial charge in [-0.3, -0.25) is 0 Å². The van der Waals surface area contributed by atoms with Crippen LogP contribution >= 0.6 is 0 Å². The first-order valence-electron chi connectivity index (χ1n) is 9.72. The molecule has 0 aliphatic carbocycles. The van der Waals surface area contributed by atoms with Crippen LogP contribution in [-0.4, -0.2) is 31.7 Å². The average molecular weight is 373 g/mol. The lowest BCUT2D eigenvalue weighted by molar-refractivity contribution is -0.138. The number of aryl methyl sites for hydroxylation is 1. The Morgan fingerprint density at radius 3 is 2.52 bits per heavy atom. The highest BCUT2D eigenvalue weighted by molar-refractivity contribution is 5.93. The summed E-state index contributed by atoms with van der Waals surface area (Å²) < 4.78 is 5.11. The van der Waals surface area contributed by atoms with E-state index in [1.54, 1.807) is 6.92 Å². The van der Waals surface area contributed by atoms with Crippen molar-refractivity contribution in [3.63, 3.8) is 0 Å². The molecule has 0 aromatic heterocycles. The Labute approximate surface area is 161 Å². The molecule has 1 aliphatic heterocycles. The molecule has 0 saturated carbocycles. The van der Waals surface area contributed by atoms with Gasteiger partial charge in [0.1, 0.15) is 0 Å². The second kappa shape index (κ2) is 10.1. The molecule has 0 fully saturated rings. The summed E-state index contributed by atoms with van der Waals surface area (Å²) in [5.74, 6) is -0.0436. The summed E-state index contributed by atoms with van der Waals surface area (Å²) in [5.41, 5.74) is 3.57. The number of urea groups is 1. The zero-order chi connectivity index (χ0) is 19.8. The number of hydrogen-bond donors (Lipinski definition) is 3. The molecule has 1 aromatic rings. The van der Waals surface area contributed by atoms with E-state index in [9.17, 15) is 9.59 Å². The lowest BCUT2D eigenvalue weighted by Gasteiger charge is -2.27. The number of rotatable bonds is 9. The monoisotopic (exact) mass is 373 g/mol. The van der Waals surface area contributed by atoms with Crippen molar-refractivity contribution in [3.05, 3.63) is 46.7 Å². The fourth-order valence-corrected chi connectivity index (χ4v) is 3.23. The predicted molar refractivity (Wildman–Crippen MR) is 106 cm³/mol.